The van der Waals surface area contributed by atoms with Crippen LogP contribution in [0.2, 0.25) is 0 Å². The molecule has 2 rings (SSSR count). The van der Waals surface area contributed by atoms with Crippen molar-refractivity contribution in [3.63, 3.8) is 0 Å². The highest BCUT2D eigenvalue weighted by Crippen LogP contribution is 2.23. The van der Waals surface area contributed by atoms with Gasteiger partial charge in [-0.05, 0) is 32.9 Å². The minimum atomic E-state index is -0.463. The van der Waals surface area contributed by atoms with Crippen LogP contribution in [0.1, 0.15) is 20.8 Å². The van der Waals surface area contributed by atoms with E-state index in [0.29, 0.717) is 11.5 Å². The quantitative estimate of drug-likeness (QED) is 0.763. The monoisotopic (exact) mass is 233 g/mol. The number of anilines is 1. The van der Waals surface area contributed by atoms with E-state index in [2.05, 4.69) is 5.16 Å². The molecule has 17 heavy (non-hydrogen) atoms. The van der Waals surface area contributed by atoms with Gasteiger partial charge in [-0.1, -0.05) is 17.3 Å². The van der Waals surface area contributed by atoms with Gasteiger partial charge in [0.1, 0.15) is 0 Å². The fourth-order valence-corrected chi connectivity index (χ4v) is 1.70. The Labute approximate surface area is 98.8 Å². The molecule has 0 aliphatic heterocycles. The van der Waals surface area contributed by atoms with Gasteiger partial charge in [-0.15, -0.1) is 0 Å². The van der Waals surface area contributed by atoms with Crippen LogP contribution < -0.4 is 11.5 Å². The van der Waals surface area contributed by atoms with Crippen molar-refractivity contribution < 1.29 is 4.52 Å². The summed E-state index contributed by atoms with van der Waals surface area (Å²) in [4.78, 5) is 11.6. The maximum atomic E-state index is 11.6. The van der Waals surface area contributed by atoms with Crippen molar-refractivity contribution in [3.05, 3.63) is 34.8 Å². The third-order valence-corrected chi connectivity index (χ3v) is 2.42. The Bertz CT molecular complexity index is 590. The molecule has 0 fully saturated rings. The molecular formula is C12H15N3O2. The van der Waals surface area contributed by atoms with E-state index in [1.54, 1.807) is 12.1 Å². The van der Waals surface area contributed by atoms with Crippen LogP contribution in [-0.2, 0) is 5.54 Å². The van der Waals surface area contributed by atoms with Gasteiger partial charge in [0, 0.05) is 16.8 Å². The van der Waals surface area contributed by atoms with Crippen LogP contribution in [0.3, 0.4) is 0 Å². The summed E-state index contributed by atoms with van der Waals surface area (Å²) < 4.78 is 6.25. The van der Waals surface area contributed by atoms with Gasteiger partial charge < -0.3 is 5.73 Å². The summed E-state index contributed by atoms with van der Waals surface area (Å²) in [6.45, 7) is 5.75. The van der Waals surface area contributed by atoms with Gasteiger partial charge in [0.05, 0.1) is 0 Å². The highest BCUT2D eigenvalue weighted by Gasteiger charge is 2.23. The predicted octanol–water partition coefficient (Wildman–Crippen LogP) is 1.84. The van der Waals surface area contributed by atoms with E-state index < -0.39 is 11.3 Å². The fraction of sp³-hybridized carbons (Fsp3) is 0.333. The molecule has 1 heterocycles. The van der Waals surface area contributed by atoms with E-state index in [9.17, 15) is 4.79 Å². The molecule has 2 N–H and O–H groups in total. The second-order valence-electron chi connectivity index (χ2n) is 4.90. The highest BCUT2D eigenvalue weighted by molar-refractivity contribution is 5.61. The first kappa shape index (κ1) is 11.4. The summed E-state index contributed by atoms with van der Waals surface area (Å²) in [5.41, 5.74) is 6.72. The molecule has 5 heteroatoms. The van der Waals surface area contributed by atoms with E-state index >= 15 is 0 Å². The third-order valence-electron chi connectivity index (χ3n) is 2.42. The molecule has 5 nitrogen and oxygen atoms in total. The Morgan fingerprint density at radius 2 is 2.06 bits per heavy atom. The van der Waals surface area contributed by atoms with Crippen molar-refractivity contribution in [1.29, 1.82) is 0 Å². The van der Waals surface area contributed by atoms with Crippen molar-refractivity contribution in [2.75, 3.05) is 5.73 Å². The minimum Gasteiger partial charge on any atom is -0.399 e. The highest BCUT2D eigenvalue weighted by atomic mass is 16.5. The number of hydrogen-bond donors (Lipinski definition) is 1. The second kappa shape index (κ2) is 3.76. The summed E-state index contributed by atoms with van der Waals surface area (Å²) in [5, 5.41) is 3.81. The van der Waals surface area contributed by atoms with Crippen molar-refractivity contribution in [2.45, 2.75) is 26.3 Å². The third kappa shape index (κ3) is 2.08. The molecule has 1 aromatic carbocycles. The molecule has 0 unspecified atom stereocenters. The van der Waals surface area contributed by atoms with Gasteiger partial charge >= 0.3 is 5.76 Å². The van der Waals surface area contributed by atoms with E-state index in [0.717, 1.165) is 5.56 Å². The molecule has 90 valence electrons. The first-order chi connectivity index (χ1) is 7.89. The zero-order chi connectivity index (χ0) is 12.6. The first-order valence-corrected chi connectivity index (χ1v) is 5.35. The van der Waals surface area contributed by atoms with Gasteiger partial charge in [-0.25, -0.2) is 4.79 Å². The lowest BCUT2D eigenvalue weighted by atomic mass is 10.1. The summed E-state index contributed by atoms with van der Waals surface area (Å²) in [7, 11) is 0. The van der Waals surface area contributed by atoms with Crippen LogP contribution in [0.15, 0.2) is 33.6 Å². The second-order valence-corrected chi connectivity index (χ2v) is 4.90. The molecule has 0 atom stereocenters. The maximum Gasteiger partial charge on any atom is 0.442 e. The lowest BCUT2D eigenvalue weighted by Gasteiger charge is -2.20. The summed E-state index contributed by atoms with van der Waals surface area (Å²) in [5.74, 6) is 0.0322. The van der Waals surface area contributed by atoms with Crippen LogP contribution in [0, 0.1) is 0 Å². The number of rotatable bonds is 1. The van der Waals surface area contributed by atoms with E-state index in [4.69, 9.17) is 10.3 Å². The molecule has 0 amide bonds. The SMILES string of the molecule is CC(C)(C)n1c(-c2cccc(N)c2)noc1=O. The van der Waals surface area contributed by atoms with Crippen molar-refractivity contribution in [2.24, 2.45) is 0 Å². The molecule has 1 aromatic heterocycles. The molecular weight excluding hydrogens is 218 g/mol. The van der Waals surface area contributed by atoms with Gasteiger partial charge in [-0.3, -0.25) is 9.09 Å². The Balaban J connectivity index is 2.66. The smallest absolute Gasteiger partial charge is 0.399 e. The first-order valence-electron chi connectivity index (χ1n) is 5.35. The van der Waals surface area contributed by atoms with Crippen molar-refractivity contribution in [1.82, 2.24) is 9.72 Å². The summed E-state index contributed by atoms with van der Waals surface area (Å²) in [6, 6.07) is 7.20. The molecule has 0 aliphatic carbocycles. The summed E-state index contributed by atoms with van der Waals surface area (Å²) in [6.07, 6.45) is 0. The molecule has 2 aromatic rings. The Kier molecular flexibility index (Phi) is 2.53. The molecule has 0 bridgehead atoms. The fourth-order valence-electron chi connectivity index (χ4n) is 1.70. The van der Waals surface area contributed by atoms with Gasteiger partial charge in [0.25, 0.3) is 0 Å². The molecule has 0 aliphatic rings. The number of nitrogen functional groups attached to an aromatic ring is 1. The zero-order valence-corrected chi connectivity index (χ0v) is 10.1. The van der Waals surface area contributed by atoms with E-state index in [-0.39, 0.29) is 0 Å². The van der Waals surface area contributed by atoms with E-state index in [1.807, 2.05) is 32.9 Å². The lowest BCUT2D eigenvalue weighted by molar-refractivity contribution is 0.330. The number of hydrogen-bond acceptors (Lipinski definition) is 4. The number of aromatic nitrogens is 2. The molecule has 0 spiro atoms. The zero-order valence-electron chi connectivity index (χ0n) is 10.1. The normalized spacial score (nSPS) is 11.7. The Hall–Kier alpha value is -2.04. The van der Waals surface area contributed by atoms with Crippen LogP contribution in [0.25, 0.3) is 11.4 Å². The van der Waals surface area contributed by atoms with Crippen molar-refractivity contribution in [3.8, 4) is 11.4 Å². The number of benzene rings is 1. The van der Waals surface area contributed by atoms with E-state index in [1.165, 1.54) is 4.57 Å². The van der Waals surface area contributed by atoms with Crippen LogP contribution in [-0.4, -0.2) is 9.72 Å². The maximum absolute atomic E-state index is 11.6. The predicted molar refractivity (Wildman–Crippen MR) is 65.6 cm³/mol. The molecule has 0 radical (unpaired) electrons. The van der Waals surface area contributed by atoms with Crippen molar-refractivity contribution >= 4 is 5.69 Å². The average Bonchev–Trinajstić information content (AvgIpc) is 2.59. The van der Waals surface area contributed by atoms with Gasteiger partial charge in [0.2, 0.25) is 0 Å². The largest absolute Gasteiger partial charge is 0.442 e. The van der Waals surface area contributed by atoms with Gasteiger partial charge in [0.15, 0.2) is 5.82 Å². The lowest BCUT2D eigenvalue weighted by Crippen LogP contribution is -2.31. The van der Waals surface area contributed by atoms with Crippen LogP contribution in [0.5, 0.6) is 0 Å². The van der Waals surface area contributed by atoms with Crippen LogP contribution >= 0.6 is 0 Å². The number of nitrogens with two attached hydrogens (primary N) is 1. The number of nitrogens with zero attached hydrogens (tertiary/aromatic N) is 2. The topological polar surface area (TPSA) is 74.1 Å². The average molecular weight is 233 g/mol. The minimum absolute atomic E-state index is 0.392. The van der Waals surface area contributed by atoms with Crippen LogP contribution in [0.4, 0.5) is 5.69 Å². The molecule has 0 saturated carbocycles. The Morgan fingerprint density at radius 1 is 1.35 bits per heavy atom. The Morgan fingerprint density at radius 3 is 2.65 bits per heavy atom. The summed E-state index contributed by atoms with van der Waals surface area (Å²) >= 11 is 0. The standard InChI is InChI=1S/C12H15N3O2/c1-12(2,3)15-10(14-17-11(15)16)8-5-4-6-9(13)7-8/h4-7H,13H2,1-3H3. The molecule has 0 saturated heterocycles. The van der Waals surface area contributed by atoms with Gasteiger partial charge in [-0.2, -0.15) is 0 Å².